The molecule has 2 aliphatic heterocycles. The molecule has 9 heteroatoms. The third-order valence-corrected chi connectivity index (χ3v) is 8.16. The normalized spacial score (nSPS) is 18.2. The van der Waals surface area contributed by atoms with E-state index in [1.165, 1.54) is 10.4 Å². The van der Waals surface area contributed by atoms with Gasteiger partial charge in [0, 0.05) is 58.2 Å². The Balaban J connectivity index is 1.47. The van der Waals surface area contributed by atoms with Gasteiger partial charge in [-0.2, -0.15) is 9.57 Å². The van der Waals surface area contributed by atoms with Crippen molar-refractivity contribution in [3.05, 3.63) is 47.8 Å². The summed E-state index contributed by atoms with van der Waals surface area (Å²) < 4.78 is 29.2. The highest BCUT2D eigenvalue weighted by Crippen LogP contribution is 2.24. The highest BCUT2D eigenvalue weighted by atomic mass is 32.2. The Morgan fingerprint density at radius 3 is 2.34 bits per heavy atom. The smallest absolute Gasteiger partial charge is 0.270 e. The van der Waals surface area contributed by atoms with Crippen LogP contribution in [0.15, 0.2) is 41.4 Å². The molecule has 0 atom stereocenters. The minimum Gasteiger partial charge on any atom is -0.370 e. The number of benzene rings is 1. The molecule has 0 radical (unpaired) electrons. The maximum atomic E-state index is 13.3. The Kier molecular flexibility index (Phi) is 6.53. The van der Waals surface area contributed by atoms with Gasteiger partial charge in [-0.05, 0) is 49.6 Å². The Hall–Kier alpha value is -2.83. The van der Waals surface area contributed by atoms with Gasteiger partial charge in [-0.15, -0.1) is 0 Å². The first-order chi connectivity index (χ1) is 15.4. The van der Waals surface area contributed by atoms with E-state index in [9.17, 15) is 13.2 Å². The van der Waals surface area contributed by atoms with Crippen LogP contribution < -0.4 is 4.90 Å². The van der Waals surface area contributed by atoms with Gasteiger partial charge in [0.05, 0.1) is 11.6 Å². The van der Waals surface area contributed by atoms with Gasteiger partial charge in [0.1, 0.15) is 10.6 Å². The van der Waals surface area contributed by atoms with Crippen molar-refractivity contribution < 1.29 is 13.2 Å². The molecule has 4 rings (SSSR count). The van der Waals surface area contributed by atoms with Crippen LogP contribution in [0.5, 0.6) is 0 Å². The van der Waals surface area contributed by atoms with Gasteiger partial charge in [0.15, 0.2) is 0 Å². The molecule has 8 nitrogen and oxygen atoms in total. The number of rotatable bonds is 4. The van der Waals surface area contributed by atoms with Crippen molar-refractivity contribution >= 4 is 21.6 Å². The summed E-state index contributed by atoms with van der Waals surface area (Å²) in [6.07, 6.45) is 5.18. The zero-order valence-corrected chi connectivity index (χ0v) is 19.2. The second-order valence-corrected chi connectivity index (χ2v) is 10.4. The second-order valence-electron chi connectivity index (χ2n) is 8.43. The van der Waals surface area contributed by atoms with E-state index >= 15 is 0 Å². The van der Waals surface area contributed by atoms with Crippen molar-refractivity contribution in [2.45, 2.75) is 30.6 Å². The molecule has 2 saturated heterocycles. The standard InChI is InChI=1S/C23H29N5O3S/c1-25-18-21(32(30,31)28-12-3-2-4-13-28)16-22(25)23(29)27-11-5-10-26(14-15-27)20-8-6-19(17-24)7-9-20/h6-9,16,18H,2-5,10-15H2,1H3. The third kappa shape index (κ3) is 4.52. The maximum Gasteiger partial charge on any atom is 0.270 e. The van der Waals surface area contributed by atoms with E-state index < -0.39 is 10.0 Å². The molecule has 2 fully saturated rings. The Labute approximate surface area is 189 Å². The number of hydrogen-bond acceptors (Lipinski definition) is 5. The summed E-state index contributed by atoms with van der Waals surface area (Å²) in [6, 6.07) is 11.1. The number of aryl methyl sites for hydroxylation is 1. The fourth-order valence-corrected chi connectivity index (χ4v) is 6.02. The molecule has 0 N–H and O–H groups in total. The van der Waals surface area contributed by atoms with Crippen LogP contribution >= 0.6 is 0 Å². The Morgan fingerprint density at radius 2 is 1.66 bits per heavy atom. The summed E-state index contributed by atoms with van der Waals surface area (Å²) in [7, 11) is -1.85. The predicted molar refractivity (Wildman–Crippen MR) is 122 cm³/mol. The molecule has 1 amide bonds. The van der Waals surface area contributed by atoms with Crippen molar-refractivity contribution in [1.29, 1.82) is 5.26 Å². The largest absolute Gasteiger partial charge is 0.370 e. The van der Waals surface area contributed by atoms with Crippen LogP contribution in [-0.4, -0.2) is 67.4 Å². The monoisotopic (exact) mass is 455 g/mol. The molecule has 0 bridgehead atoms. The van der Waals surface area contributed by atoms with Crippen LogP contribution in [0.4, 0.5) is 5.69 Å². The summed E-state index contributed by atoms with van der Waals surface area (Å²) in [4.78, 5) is 17.5. The molecule has 0 spiro atoms. The van der Waals surface area contributed by atoms with Crippen molar-refractivity contribution in [1.82, 2.24) is 13.8 Å². The van der Waals surface area contributed by atoms with E-state index in [4.69, 9.17) is 5.26 Å². The predicted octanol–water partition coefficient (Wildman–Crippen LogP) is 2.42. The van der Waals surface area contributed by atoms with E-state index in [0.29, 0.717) is 44.0 Å². The first-order valence-electron chi connectivity index (χ1n) is 11.1. The maximum absolute atomic E-state index is 13.3. The number of nitrogens with zero attached hydrogens (tertiary/aromatic N) is 5. The minimum atomic E-state index is -3.58. The molecular weight excluding hydrogens is 426 g/mol. The van der Waals surface area contributed by atoms with Crippen LogP contribution in [0, 0.1) is 11.3 Å². The summed E-state index contributed by atoms with van der Waals surface area (Å²) in [5.74, 6) is -0.144. The van der Waals surface area contributed by atoms with E-state index in [1.54, 1.807) is 34.8 Å². The lowest BCUT2D eigenvalue weighted by molar-refractivity contribution is 0.0757. The third-order valence-electron chi connectivity index (χ3n) is 6.30. The number of aromatic nitrogens is 1. The van der Waals surface area contributed by atoms with Gasteiger partial charge in [-0.1, -0.05) is 6.42 Å². The number of sulfonamides is 1. The molecule has 2 aliphatic rings. The summed E-state index contributed by atoms with van der Waals surface area (Å²) in [6.45, 7) is 3.75. The SMILES string of the molecule is Cn1cc(S(=O)(=O)N2CCCCC2)cc1C(=O)N1CCCN(c2ccc(C#N)cc2)CC1. The van der Waals surface area contributed by atoms with E-state index in [2.05, 4.69) is 11.0 Å². The highest BCUT2D eigenvalue weighted by molar-refractivity contribution is 7.89. The molecule has 170 valence electrons. The van der Waals surface area contributed by atoms with Gasteiger partial charge < -0.3 is 14.4 Å². The average molecular weight is 456 g/mol. The topological polar surface area (TPSA) is 89.7 Å². The number of anilines is 1. The van der Waals surface area contributed by atoms with Gasteiger partial charge in [0.25, 0.3) is 5.91 Å². The fraction of sp³-hybridized carbons (Fsp3) is 0.478. The molecule has 0 saturated carbocycles. The van der Waals surface area contributed by atoms with Crippen LogP contribution in [-0.2, 0) is 17.1 Å². The minimum absolute atomic E-state index is 0.144. The molecule has 0 aliphatic carbocycles. The highest BCUT2D eigenvalue weighted by Gasteiger charge is 2.30. The fourth-order valence-electron chi connectivity index (χ4n) is 4.43. The molecule has 32 heavy (non-hydrogen) atoms. The van der Waals surface area contributed by atoms with Crippen molar-refractivity contribution in [2.75, 3.05) is 44.2 Å². The molecule has 3 heterocycles. The number of piperidine rings is 1. The first-order valence-corrected chi connectivity index (χ1v) is 12.5. The molecular formula is C23H29N5O3S. The van der Waals surface area contributed by atoms with Gasteiger partial charge >= 0.3 is 0 Å². The number of hydrogen-bond donors (Lipinski definition) is 0. The number of carbonyl (C=O) groups is 1. The zero-order valence-electron chi connectivity index (χ0n) is 18.4. The van der Waals surface area contributed by atoms with E-state index in [0.717, 1.165) is 37.9 Å². The summed E-state index contributed by atoms with van der Waals surface area (Å²) in [5, 5.41) is 8.99. The lowest BCUT2D eigenvalue weighted by Crippen LogP contribution is -2.36. The van der Waals surface area contributed by atoms with Crippen molar-refractivity contribution in [3.63, 3.8) is 0 Å². The van der Waals surface area contributed by atoms with Crippen molar-refractivity contribution in [3.8, 4) is 6.07 Å². The lowest BCUT2D eigenvalue weighted by Gasteiger charge is -2.25. The van der Waals surface area contributed by atoms with Crippen molar-refractivity contribution in [2.24, 2.45) is 7.05 Å². The molecule has 1 aromatic heterocycles. The van der Waals surface area contributed by atoms with Gasteiger partial charge in [0.2, 0.25) is 10.0 Å². The number of carbonyl (C=O) groups excluding carboxylic acids is 1. The van der Waals surface area contributed by atoms with Gasteiger partial charge in [-0.25, -0.2) is 8.42 Å². The first kappa shape index (κ1) is 22.4. The molecule has 2 aromatic rings. The summed E-state index contributed by atoms with van der Waals surface area (Å²) >= 11 is 0. The zero-order chi connectivity index (χ0) is 22.7. The Morgan fingerprint density at radius 1 is 0.938 bits per heavy atom. The average Bonchev–Trinajstić information content (AvgIpc) is 3.05. The van der Waals surface area contributed by atoms with E-state index in [1.807, 2.05) is 12.1 Å². The summed E-state index contributed by atoms with van der Waals surface area (Å²) in [5.41, 5.74) is 2.05. The number of nitriles is 1. The van der Waals surface area contributed by atoms with Crippen LogP contribution in [0.2, 0.25) is 0 Å². The lowest BCUT2D eigenvalue weighted by atomic mass is 10.2. The van der Waals surface area contributed by atoms with Gasteiger partial charge in [-0.3, -0.25) is 4.79 Å². The van der Waals surface area contributed by atoms with Crippen LogP contribution in [0.3, 0.4) is 0 Å². The van der Waals surface area contributed by atoms with E-state index in [-0.39, 0.29) is 10.8 Å². The quantitative estimate of drug-likeness (QED) is 0.706. The second kappa shape index (κ2) is 9.35. The van der Waals surface area contributed by atoms with Crippen LogP contribution in [0.1, 0.15) is 41.7 Å². The Bertz CT molecular complexity index is 1110. The number of amides is 1. The molecule has 1 aromatic carbocycles. The molecule has 0 unspecified atom stereocenters. The van der Waals surface area contributed by atoms with Crippen LogP contribution in [0.25, 0.3) is 0 Å².